The molecule has 1 aliphatic heterocycles. The summed E-state index contributed by atoms with van der Waals surface area (Å²) in [6.45, 7) is 0.601. The van der Waals surface area contributed by atoms with Crippen molar-refractivity contribution in [3.63, 3.8) is 0 Å². The second-order valence-corrected chi connectivity index (χ2v) is 2.61. The summed E-state index contributed by atoms with van der Waals surface area (Å²) in [4.78, 5) is 21.0. The van der Waals surface area contributed by atoms with Gasteiger partial charge in [-0.1, -0.05) is 0 Å². The standard InChI is InChI=1S/C9H6O4/c10-5-13-7-1-2-8-6(3-7)4-12-9(8)11/h1-3,5H,4H2. The zero-order valence-corrected chi connectivity index (χ0v) is 6.65. The summed E-state index contributed by atoms with van der Waals surface area (Å²) in [6, 6.07) is 4.76. The van der Waals surface area contributed by atoms with E-state index in [1.807, 2.05) is 0 Å². The van der Waals surface area contributed by atoms with Gasteiger partial charge in [0.2, 0.25) is 0 Å². The first-order valence-electron chi connectivity index (χ1n) is 3.71. The van der Waals surface area contributed by atoms with Crippen LogP contribution in [0.1, 0.15) is 15.9 Å². The smallest absolute Gasteiger partial charge is 0.338 e. The van der Waals surface area contributed by atoms with Gasteiger partial charge in [-0.3, -0.25) is 4.79 Å². The van der Waals surface area contributed by atoms with Gasteiger partial charge in [0.05, 0.1) is 5.56 Å². The van der Waals surface area contributed by atoms with Crippen molar-refractivity contribution >= 4 is 12.4 Å². The van der Waals surface area contributed by atoms with Gasteiger partial charge in [-0.2, -0.15) is 0 Å². The van der Waals surface area contributed by atoms with Crippen LogP contribution in [0, 0.1) is 0 Å². The topological polar surface area (TPSA) is 52.6 Å². The third kappa shape index (κ3) is 1.26. The summed E-state index contributed by atoms with van der Waals surface area (Å²) >= 11 is 0. The lowest BCUT2D eigenvalue weighted by molar-refractivity contribution is -0.120. The van der Waals surface area contributed by atoms with E-state index in [1.54, 1.807) is 18.2 Å². The lowest BCUT2D eigenvalue weighted by Gasteiger charge is -1.98. The average Bonchev–Trinajstić information content (AvgIpc) is 2.48. The minimum absolute atomic E-state index is 0.254. The van der Waals surface area contributed by atoms with E-state index >= 15 is 0 Å². The number of esters is 1. The molecule has 0 spiro atoms. The molecule has 0 amide bonds. The third-order valence-corrected chi connectivity index (χ3v) is 1.84. The maximum absolute atomic E-state index is 11.0. The Balaban J connectivity index is 2.39. The normalized spacial score (nSPS) is 13.4. The fourth-order valence-corrected chi connectivity index (χ4v) is 1.24. The molecule has 13 heavy (non-hydrogen) atoms. The van der Waals surface area contributed by atoms with Crippen molar-refractivity contribution in [3.05, 3.63) is 29.3 Å². The van der Waals surface area contributed by atoms with Gasteiger partial charge in [0.15, 0.2) is 0 Å². The van der Waals surface area contributed by atoms with E-state index in [2.05, 4.69) is 4.74 Å². The van der Waals surface area contributed by atoms with Crippen LogP contribution in [0.25, 0.3) is 0 Å². The lowest BCUT2D eigenvalue weighted by atomic mass is 10.1. The van der Waals surface area contributed by atoms with Crippen molar-refractivity contribution in [2.24, 2.45) is 0 Å². The first-order valence-corrected chi connectivity index (χ1v) is 3.71. The quantitative estimate of drug-likeness (QED) is 0.498. The molecule has 0 bridgehead atoms. The first-order chi connectivity index (χ1) is 6.31. The molecule has 1 aromatic rings. The molecule has 0 unspecified atom stereocenters. The highest BCUT2D eigenvalue weighted by molar-refractivity contribution is 5.93. The highest BCUT2D eigenvalue weighted by Gasteiger charge is 2.20. The van der Waals surface area contributed by atoms with Crippen molar-refractivity contribution in [1.82, 2.24) is 0 Å². The van der Waals surface area contributed by atoms with Crippen molar-refractivity contribution < 1.29 is 19.1 Å². The van der Waals surface area contributed by atoms with Crippen LogP contribution in [0.4, 0.5) is 0 Å². The summed E-state index contributed by atoms with van der Waals surface area (Å²) in [5.74, 6) is 0.0969. The van der Waals surface area contributed by atoms with Crippen LogP contribution in [0.3, 0.4) is 0 Å². The fraction of sp³-hybridized carbons (Fsp3) is 0.111. The highest BCUT2D eigenvalue weighted by Crippen LogP contribution is 2.24. The van der Waals surface area contributed by atoms with Gasteiger partial charge in [-0.15, -0.1) is 0 Å². The van der Waals surface area contributed by atoms with Crippen LogP contribution in [0.2, 0.25) is 0 Å². The Hall–Kier alpha value is -1.84. The SMILES string of the molecule is O=COc1ccc2c(c1)COC2=O. The molecule has 0 aliphatic carbocycles. The summed E-state index contributed by atoms with van der Waals surface area (Å²) in [6.07, 6.45) is 0. The molecule has 0 aromatic heterocycles. The largest absolute Gasteiger partial charge is 0.457 e. The number of carbonyl (C=O) groups is 2. The summed E-state index contributed by atoms with van der Waals surface area (Å²) in [5.41, 5.74) is 1.29. The maximum atomic E-state index is 11.0. The fourth-order valence-electron chi connectivity index (χ4n) is 1.24. The second-order valence-electron chi connectivity index (χ2n) is 2.61. The second kappa shape index (κ2) is 2.90. The van der Waals surface area contributed by atoms with E-state index < -0.39 is 0 Å². The first kappa shape index (κ1) is 7.79. The molecule has 4 nitrogen and oxygen atoms in total. The zero-order chi connectivity index (χ0) is 9.26. The highest BCUT2D eigenvalue weighted by atomic mass is 16.5. The molecule has 2 rings (SSSR count). The molecule has 0 atom stereocenters. The number of carbonyl (C=O) groups excluding carboxylic acids is 2. The Morgan fingerprint density at radius 2 is 2.31 bits per heavy atom. The maximum Gasteiger partial charge on any atom is 0.338 e. The minimum atomic E-state index is -0.326. The van der Waals surface area contributed by atoms with Crippen LogP contribution in [0.5, 0.6) is 5.75 Å². The summed E-state index contributed by atoms with van der Waals surface area (Å²) in [5, 5.41) is 0. The van der Waals surface area contributed by atoms with Crippen molar-refractivity contribution in [3.8, 4) is 5.75 Å². The predicted molar refractivity (Wildman–Crippen MR) is 42.3 cm³/mol. The molecule has 1 aromatic carbocycles. The number of hydrogen-bond donors (Lipinski definition) is 0. The molecule has 4 heteroatoms. The van der Waals surface area contributed by atoms with E-state index in [4.69, 9.17) is 4.74 Å². The van der Waals surface area contributed by atoms with E-state index in [0.29, 0.717) is 17.8 Å². The van der Waals surface area contributed by atoms with Gasteiger partial charge < -0.3 is 9.47 Å². The number of fused-ring (bicyclic) bond motifs is 1. The van der Waals surface area contributed by atoms with Crippen molar-refractivity contribution in [2.45, 2.75) is 6.61 Å². The van der Waals surface area contributed by atoms with Crippen LogP contribution in [-0.2, 0) is 16.1 Å². The van der Waals surface area contributed by atoms with Gasteiger partial charge in [0, 0.05) is 5.56 Å². The van der Waals surface area contributed by atoms with Crippen LogP contribution >= 0.6 is 0 Å². The van der Waals surface area contributed by atoms with E-state index in [9.17, 15) is 9.59 Å². The minimum Gasteiger partial charge on any atom is -0.457 e. The number of benzene rings is 1. The molecule has 0 saturated carbocycles. The molecule has 0 fully saturated rings. The van der Waals surface area contributed by atoms with Crippen LogP contribution in [-0.4, -0.2) is 12.4 Å². The van der Waals surface area contributed by atoms with Gasteiger partial charge in [-0.25, -0.2) is 4.79 Å². The molecule has 0 saturated heterocycles. The molecule has 0 N–H and O–H groups in total. The number of cyclic esters (lactones) is 1. The van der Waals surface area contributed by atoms with E-state index in [-0.39, 0.29) is 12.6 Å². The van der Waals surface area contributed by atoms with E-state index in [0.717, 1.165) is 5.56 Å². The van der Waals surface area contributed by atoms with Crippen molar-refractivity contribution in [1.29, 1.82) is 0 Å². The predicted octanol–water partition coefficient (Wildman–Crippen LogP) is 0.892. The number of hydrogen-bond acceptors (Lipinski definition) is 4. The molecular formula is C9H6O4. The molecular weight excluding hydrogens is 172 g/mol. The van der Waals surface area contributed by atoms with Gasteiger partial charge >= 0.3 is 5.97 Å². The lowest BCUT2D eigenvalue weighted by Crippen LogP contribution is -1.94. The Bertz CT molecular complexity index is 370. The molecule has 1 heterocycles. The zero-order valence-electron chi connectivity index (χ0n) is 6.65. The Labute approximate surface area is 74.1 Å². The van der Waals surface area contributed by atoms with Crippen LogP contribution in [0.15, 0.2) is 18.2 Å². The van der Waals surface area contributed by atoms with E-state index in [1.165, 1.54) is 0 Å². The molecule has 66 valence electrons. The van der Waals surface area contributed by atoms with Gasteiger partial charge in [-0.05, 0) is 18.2 Å². The molecule has 1 aliphatic rings. The Morgan fingerprint density at radius 1 is 1.46 bits per heavy atom. The van der Waals surface area contributed by atoms with Gasteiger partial charge in [0.1, 0.15) is 12.4 Å². The Morgan fingerprint density at radius 3 is 3.08 bits per heavy atom. The Kier molecular flexibility index (Phi) is 1.73. The monoisotopic (exact) mass is 178 g/mol. The number of rotatable bonds is 2. The van der Waals surface area contributed by atoms with Crippen LogP contribution < -0.4 is 4.74 Å². The summed E-state index contributed by atoms with van der Waals surface area (Å²) in [7, 11) is 0. The van der Waals surface area contributed by atoms with Crippen molar-refractivity contribution in [2.75, 3.05) is 0 Å². The summed E-state index contributed by atoms with van der Waals surface area (Å²) < 4.78 is 9.39. The third-order valence-electron chi connectivity index (χ3n) is 1.84. The van der Waals surface area contributed by atoms with Gasteiger partial charge in [0.25, 0.3) is 6.47 Å². The molecule has 0 radical (unpaired) electrons. The average molecular weight is 178 g/mol. The number of ether oxygens (including phenoxy) is 2.